The molecule has 0 amide bonds. The van der Waals surface area contributed by atoms with Crippen LogP contribution in [0.4, 0.5) is 5.69 Å². The van der Waals surface area contributed by atoms with E-state index in [-0.39, 0.29) is 12.0 Å². The van der Waals surface area contributed by atoms with Gasteiger partial charge in [-0.1, -0.05) is 15.9 Å². The predicted molar refractivity (Wildman–Crippen MR) is 61.9 cm³/mol. The molecule has 2 N–H and O–H groups in total. The van der Waals surface area contributed by atoms with Crippen LogP contribution in [-0.2, 0) is 4.79 Å². The highest BCUT2D eigenvalue weighted by Crippen LogP contribution is 2.30. The SMILES string of the molecule is O=C(O)C1CCC1Nc1ccc(Br)cc1. The zero-order valence-corrected chi connectivity index (χ0v) is 9.70. The van der Waals surface area contributed by atoms with E-state index in [0.717, 1.165) is 23.0 Å². The highest BCUT2D eigenvalue weighted by Gasteiger charge is 2.36. The monoisotopic (exact) mass is 269 g/mol. The van der Waals surface area contributed by atoms with Gasteiger partial charge >= 0.3 is 5.97 Å². The molecule has 15 heavy (non-hydrogen) atoms. The van der Waals surface area contributed by atoms with Gasteiger partial charge in [0, 0.05) is 16.2 Å². The lowest BCUT2D eigenvalue weighted by Crippen LogP contribution is -2.42. The maximum atomic E-state index is 10.8. The summed E-state index contributed by atoms with van der Waals surface area (Å²) in [4.78, 5) is 10.8. The number of nitrogens with one attached hydrogen (secondary N) is 1. The molecule has 2 atom stereocenters. The van der Waals surface area contributed by atoms with Crippen LogP contribution in [0.3, 0.4) is 0 Å². The predicted octanol–water partition coefficient (Wildman–Crippen LogP) is 2.72. The number of halogens is 1. The lowest BCUT2D eigenvalue weighted by Gasteiger charge is -2.34. The molecule has 2 unspecified atom stereocenters. The maximum Gasteiger partial charge on any atom is 0.308 e. The molecule has 2 rings (SSSR count). The molecule has 0 aromatic heterocycles. The Balaban J connectivity index is 1.97. The third-order valence-electron chi connectivity index (χ3n) is 2.79. The summed E-state index contributed by atoms with van der Waals surface area (Å²) in [5.74, 6) is -0.926. The van der Waals surface area contributed by atoms with Crippen LogP contribution >= 0.6 is 15.9 Å². The topological polar surface area (TPSA) is 49.3 Å². The summed E-state index contributed by atoms with van der Waals surface area (Å²) >= 11 is 3.36. The van der Waals surface area contributed by atoms with Crippen LogP contribution in [0, 0.1) is 5.92 Å². The molecule has 1 saturated carbocycles. The summed E-state index contributed by atoms with van der Waals surface area (Å²) in [5.41, 5.74) is 0.981. The molecule has 0 spiro atoms. The second-order valence-electron chi connectivity index (χ2n) is 3.78. The minimum atomic E-state index is -0.698. The van der Waals surface area contributed by atoms with E-state index in [1.807, 2.05) is 24.3 Å². The molecule has 1 aliphatic carbocycles. The van der Waals surface area contributed by atoms with Gasteiger partial charge in [-0.2, -0.15) is 0 Å². The Kier molecular flexibility index (Phi) is 2.95. The van der Waals surface area contributed by atoms with Gasteiger partial charge < -0.3 is 10.4 Å². The Morgan fingerprint density at radius 3 is 2.47 bits per heavy atom. The van der Waals surface area contributed by atoms with Crippen molar-refractivity contribution in [2.45, 2.75) is 18.9 Å². The molecule has 0 bridgehead atoms. The Labute approximate surface area is 96.6 Å². The van der Waals surface area contributed by atoms with E-state index in [1.54, 1.807) is 0 Å². The van der Waals surface area contributed by atoms with Crippen LogP contribution in [-0.4, -0.2) is 17.1 Å². The fourth-order valence-electron chi connectivity index (χ4n) is 1.73. The number of carbonyl (C=O) groups is 1. The molecule has 0 saturated heterocycles. The van der Waals surface area contributed by atoms with Gasteiger partial charge in [-0.15, -0.1) is 0 Å². The van der Waals surface area contributed by atoms with E-state index in [0.29, 0.717) is 0 Å². The molecule has 1 fully saturated rings. The first-order chi connectivity index (χ1) is 7.16. The number of carboxylic acid groups (broad SMARTS) is 1. The van der Waals surface area contributed by atoms with E-state index in [9.17, 15) is 4.79 Å². The number of aliphatic carboxylic acids is 1. The maximum absolute atomic E-state index is 10.8. The summed E-state index contributed by atoms with van der Waals surface area (Å²) < 4.78 is 1.02. The van der Waals surface area contributed by atoms with Gasteiger partial charge in [-0.25, -0.2) is 0 Å². The first-order valence-electron chi connectivity index (χ1n) is 4.92. The van der Waals surface area contributed by atoms with Crippen LogP contribution in [0.2, 0.25) is 0 Å². The Morgan fingerprint density at radius 2 is 2.00 bits per heavy atom. The number of rotatable bonds is 3. The Morgan fingerprint density at radius 1 is 1.33 bits per heavy atom. The van der Waals surface area contributed by atoms with Crippen molar-refractivity contribution in [3.63, 3.8) is 0 Å². The largest absolute Gasteiger partial charge is 0.481 e. The lowest BCUT2D eigenvalue weighted by atomic mass is 9.79. The van der Waals surface area contributed by atoms with Gasteiger partial charge in [0.1, 0.15) is 0 Å². The van der Waals surface area contributed by atoms with Crippen molar-refractivity contribution in [1.82, 2.24) is 0 Å². The van der Waals surface area contributed by atoms with Crippen molar-refractivity contribution in [1.29, 1.82) is 0 Å². The lowest BCUT2D eigenvalue weighted by molar-refractivity contribution is -0.144. The van der Waals surface area contributed by atoms with Crippen LogP contribution in [0.25, 0.3) is 0 Å². The average Bonchev–Trinajstić information content (AvgIpc) is 2.14. The first kappa shape index (κ1) is 10.5. The van der Waals surface area contributed by atoms with Gasteiger partial charge in [0.15, 0.2) is 0 Å². The Hall–Kier alpha value is -1.03. The highest BCUT2D eigenvalue weighted by molar-refractivity contribution is 9.10. The molecule has 80 valence electrons. The molecule has 0 heterocycles. The molecule has 1 aromatic rings. The van der Waals surface area contributed by atoms with Crippen molar-refractivity contribution < 1.29 is 9.90 Å². The van der Waals surface area contributed by atoms with Crippen LogP contribution < -0.4 is 5.32 Å². The zero-order valence-electron chi connectivity index (χ0n) is 8.11. The fourth-order valence-corrected chi connectivity index (χ4v) is 1.99. The number of anilines is 1. The molecule has 0 radical (unpaired) electrons. The summed E-state index contributed by atoms with van der Waals surface area (Å²) in [5, 5.41) is 12.1. The third kappa shape index (κ3) is 2.31. The van der Waals surface area contributed by atoms with E-state index in [2.05, 4.69) is 21.2 Å². The molecular weight excluding hydrogens is 258 g/mol. The van der Waals surface area contributed by atoms with Crippen molar-refractivity contribution in [2.24, 2.45) is 5.92 Å². The zero-order chi connectivity index (χ0) is 10.8. The number of hydrogen-bond acceptors (Lipinski definition) is 2. The number of carboxylic acids is 1. The third-order valence-corrected chi connectivity index (χ3v) is 3.32. The van der Waals surface area contributed by atoms with Crippen LogP contribution in [0.1, 0.15) is 12.8 Å². The van der Waals surface area contributed by atoms with E-state index >= 15 is 0 Å². The molecule has 3 nitrogen and oxygen atoms in total. The van der Waals surface area contributed by atoms with Gasteiger partial charge in [0.05, 0.1) is 5.92 Å². The van der Waals surface area contributed by atoms with E-state index < -0.39 is 5.97 Å². The van der Waals surface area contributed by atoms with Gasteiger partial charge in [-0.05, 0) is 37.1 Å². The minimum absolute atomic E-state index is 0.0867. The van der Waals surface area contributed by atoms with Gasteiger partial charge in [0.25, 0.3) is 0 Å². The standard InChI is InChI=1S/C11H12BrNO2/c12-7-1-3-8(4-2-7)13-10-6-5-9(10)11(14)15/h1-4,9-10,13H,5-6H2,(H,14,15). The van der Waals surface area contributed by atoms with Gasteiger partial charge in [0.2, 0.25) is 0 Å². The minimum Gasteiger partial charge on any atom is -0.481 e. The van der Waals surface area contributed by atoms with Crippen molar-refractivity contribution >= 4 is 27.6 Å². The fraction of sp³-hybridized carbons (Fsp3) is 0.364. The van der Waals surface area contributed by atoms with Crippen LogP contribution in [0.15, 0.2) is 28.7 Å². The van der Waals surface area contributed by atoms with E-state index in [1.165, 1.54) is 0 Å². The van der Waals surface area contributed by atoms with E-state index in [4.69, 9.17) is 5.11 Å². The Bertz CT molecular complexity index is 363. The van der Waals surface area contributed by atoms with Crippen LogP contribution in [0.5, 0.6) is 0 Å². The molecule has 0 aliphatic heterocycles. The smallest absolute Gasteiger partial charge is 0.308 e. The van der Waals surface area contributed by atoms with Gasteiger partial charge in [-0.3, -0.25) is 4.79 Å². The number of hydrogen-bond donors (Lipinski definition) is 2. The quantitative estimate of drug-likeness (QED) is 0.887. The van der Waals surface area contributed by atoms with Crippen molar-refractivity contribution in [3.05, 3.63) is 28.7 Å². The summed E-state index contributed by atoms with van der Waals surface area (Å²) in [7, 11) is 0. The molecule has 1 aromatic carbocycles. The summed E-state index contributed by atoms with van der Waals surface area (Å²) in [6, 6.07) is 7.86. The summed E-state index contributed by atoms with van der Waals surface area (Å²) in [6.45, 7) is 0. The van der Waals surface area contributed by atoms with Crippen molar-refractivity contribution in [2.75, 3.05) is 5.32 Å². The van der Waals surface area contributed by atoms with Crippen molar-refractivity contribution in [3.8, 4) is 0 Å². The first-order valence-corrected chi connectivity index (χ1v) is 5.71. The highest BCUT2D eigenvalue weighted by atomic mass is 79.9. The second-order valence-corrected chi connectivity index (χ2v) is 4.70. The summed E-state index contributed by atoms with van der Waals surface area (Å²) in [6.07, 6.45) is 1.72. The average molecular weight is 270 g/mol. The molecular formula is C11H12BrNO2. The number of benzene rings is 1. The molecule has 1 aliphatic rings. The molecule has 4 heteroatoms. The second kappa shape index (κ2) is 4.23. The normalized spacial score (nSPS) is 24.3.